The summed E-state index contributed by atoms with van der Waals surface area (Å²) in [5, 5.41) is 16.0. The summed E-state index contributed by atoms with van der Waals surface area (Å²) in [6.45, 7) is 4.85. The summed E-state index contributed by atoms with van der Waals surface area (Å²) in [5.74, 6) is 3.21. The Hall–Kier alpha value is -1.36. The molecule has 1 saturated carbocycles. The third-order valence-electron chi connectivity index (χ3n) is 3.87. The summed E-state index contributed by atoms with van der Waals surface area (Å²) in [7, 11) is 1.88. The summed E-state index contributed by atoms with van der Waals surface area (Å²) in [6, 6.07) is 0. The molecule has 5 nitrogen and oxygen atoms in total. The number of aliphatic hydroxyl groups excluding tert-OH is 1. The predicted molar refractivity (Wildman–Crippen MR) is 77.5 cm³/mol. The molecule has 0 unspecified atom stereocenters. The van der Waals surface area contributed by atoms with Gasteiger partial charge in [0.1, 0.15) is 17.5 Å². The van der Waals surface area contributed by atoms with Gasteiger partial charge in [-0.05, 0) is 45.4 Å². The maximum atomic E-state index is 9.51. The molecular formula is C14H24N4O. The molecule has 0 radical (unpaired) electrons. The largest absolute Gasteiger partial charge is 0.393 e. The molecule has 0 bridgehead atoms. The SMILES string of the molecule is CNc1nc(C)nc(NCC2CCC(O)CC2)c1C. The molecule has 1 aromatic heterocycles. The first-order valence-electron chi connectivity index (χ1n) is 7.05. The minimum Gasteiger partial charge on any atom is -0.393 e. The lowest BCUT2D eigenvalue weighted by Crippen LogP contribution is -2.24. The molecule has 1 heterocycles. The first kappa shape index (κ1) is 14.1. The Kier molecular flexibility index (Phi) is 4.58. The second kappa shape index (κ2) is 6.19. The van der Waals surface area contributed by atoms with E-state index in [0.29, 0.717) is 5.92 Å². The van der Waals surface area contributed by atoms with Gasteiger partial charge in [0, 0.05) is 19.2 Å². The number of hydrogen-bond donors (Lipinski definition) is 3. The predicted octanol–water partition coefficient (Wildman–Crippen LogP) is 2.10. The zero-order chi connectivity index (χ0) is 13.8. The van der Waals surface area contributed by atoms with Crippen molar-refractivity contribution in [1.82, 2.24) is 9.97 Å². The molecule has 0 amide bonds. The highest BCUT2D eigenvalue weighted by atomic mass is 16.3. The van der Waals surface area contributed by atoms with Crippen LogP contribution in [0.5, 0.6) is 0 Å². The van der Waals surface area contributed by atoms with Crippen molar-refractivity contribution in [3.8, 4) is 0 Å². The van der Waals surface area contributed by atoms with E-state index in [0.717, 1.165) is 55.3 Å². The zero-order valence-electron chi connectivity index (χ0n) is 12.0. The van der Waals surface area contributed by atoms with Crippen molar-refractivity contribution >= 4 is 11.6 Å². The zero-order valence-corrected chi connectivity index (χ0v) is 12.0. The standard InChI is InChI=1S/C14H24N4O/c1-9-13(15-3)17-10(2)18-14(9)16-8-11-4-6-12(19)7-5-11/h11-12,19H,4-8H2,1-3H3,(H2,15,16,17,18). The van der Waals surface area contributed by atoms with Gasteiger partial charge in [0.05, 0.1) is 6.10 Å². The van der Waals surface area contributed by atoms with Gasteiger partial charge in [0.2, 0.25) is 0 Å². The van der Waals surface area contributed by atoms with Crippen LogP contribution in [0, 0.1) is 19.8 Å². The summed E-state index contributed by atoms with van der Waals surface area (Å²) in [5.41, 5.74) is 1.06. The summed E-state index contributed by atoms with van der Waals surface area (Å²) in [6.07, 6.45) is 3.95. The third kappa shape index (κ3) is 3.56. The molecule has 1 fully saturated rings. The normalized spacial score (nSPS) is 23.2. The van der Waals surface area contributed by atoms with Crippen LogP contribution < -0.4 is 10.6 Å². The number of aromatic nitrogens is 2. The molecule has 1 aromatic rings. The molecule has 0 aromatic carbocycles. The molecule has 3 N–H and O–H groups in total. The van der Waals surface area contributed by atoms with Gasteiger partial charge < -0.3 is 15.7 Å². The number of aliphatic hydroxyl groups is 1. The van der Waals surface area contributed by atoms with Crippen LogP contribution in [-0.2, 0) is 0 Å². The van der Waals surface area contributed by atoms with Crippen molar-refractivity contribution < 1.29 is 5.11 Å². The summed E-state index contributed by atoms with van der Waals surface area (Å²) >= 11 is 0. The van der Waals surface area contributed by atoms with Crippen LogP contribution in [-0.4, -0.2) is 34.8 Å². The van der Waals surface area contributed by atoms with Crippen molar-refractivity contribution in [3.63, 3.8) is 0 Å². The molecule has 19 heavy (non-hydrogen) atoms. The molecule has 2 rings (SSSR count). The summed E-state index contributed by atoms with van der Waals surface area (Å²) in [4.78, 5) is 8.83. The van der Waals surface area contributed by atoms with E-state index in [4.69, 9.17) is 0 Å². The molecule has 0 saturated heterocycles. The average molecular weight is 264 g/mol. The van der Waals surface area contributed by atoms with E-state index in [1.165, 1.54) is 0 Å². The minimum absolute atomic E-state index is 0.0878. The van der Waals surface area contributed by atoms with Crippen molar-refractivity contribution in [2.24, 2.45) is 5.92 Å². The Morgan fingerprint density at radius 1 is 1.11 bits per heavy atom. The Bertz CT molecular complexity index is 428. The number of hydrogen-bond acceptors (Lipinski definition) is 5. The number of rotatable bonds is 4. The highest BCUT2D eigenvalue weighted by Gasteiger charge is 2.19. The van der Waals surface area contributed by atoms with Gasteiger partial charge in [-0.15, -0.1) is 0 Å². The van der Waals surface area contributed by atoms with Gasteiger partial charge >= 0.3 is 0 Å². The van der Waals surface area contributed by atoms with Crippen LogP contribution in [0.4, 0.5) is 11.6 Å². The van der Waals surface area contributed by atoms with E-state index in [1.54, 1.807) is 0 Å². The van der Waals surface area contributed by atoms with Crippen molar-refractivity contribution in [2.45, 2.75) is 45.6 Å². The van der Waals surface area contributed by atoms with Crippen LogP contribution in [0.25, 0.3) is 0 Å². The Morgan fingerprint density at radius 2 is 1.74 bits per heavy atom. The quantitative estimate of drug-likeness (QED) is 0.777. The lowest BCUT2D eigenvalue weighted by molar-refractivity contribution is 0.111. The molecule has 0 aliphatic heterocycles. The molecule has 1 aliphatic rings. The van der Waals surface area contributed by atoms with Crippen LogP contribution in [0.1, 0.15) is 37.1 Å². The smallest absolute Gasteiger partial charge is 0.134 e. The van der Waals surface area contributed by atoms with Crippen LogP contribution in [0.2, 0.25) is 0 Å². The van der Waals surface area contributed by atoms with E-state index in [-0.39, 0.29) is 6.10 Å². The van der Waals surface area contributed by atoms with Gasteiger partial charge in [0.25, 0.3) is 0 Å². The Balaban J connectivity index is 1.97. The maximum Gasteiger partial charge on any atom is 0.134 e. The van der Waals surface area contributed by atoms with Gasteiger partial charge in [0.15, 0.2) is 0 Å². The second-order valence-corrected chi connectivity index (χ2v) is 5.40. The fraction of sp³-hybridized carbons (Fsp3) is 0.714. The van der Waals surface area contributed by atoms with E-state index < -0.39 is 0 Å². The molecule has 0 atom stereocenters. The van der Waals surface area contributed by atoms with Crippen molar-refractivity contribution in [3.05, 3.63) is 11.4 Å². The van der Waals surface area contributed by atoms with Crippen molar-refractivity contribution in [2.75, 3.05) is 24.2 Å². The van der Waals surface area contributed by atoms with Crippen LogP contribution in [0.15, 0.2) is 0 Å². The Morgan fingerprint density at radius 3 is 2.37 bits per heavy atom. The number of anilines is 2. The lowest BCUT2D eigenvalue weighted by atomic mass is 9.87. The van der Waals surface area contributed by atoms with E-state index in [9.17, 15) is 5.11 Å². The number of aryl methyl sites for hydroxylation is 1. The lowest BCUT2D eigenvalue weighted by Gasteiger charge is -2.26. The molecule has 0 spiro atoms. The maximum absolute atomic E-state index is 9.51. The Labute approximate surface area is 114 Å². The fourth-order valence-electron chi connectivity index (χ4n) is 2.63. The fourth-order valence-corrected chi connectivity index (χ4v) is 2.63. The number of nitrogens with one attached hydrogen (secondary N) is 2. The van der Waals surface area contributed by atoms with E-state index >= 15 is 0 Å². The van der Waals surface area contributed by atoms with Gasteiger partial charge in [-0.25, -0.2) is 9.97 Å². The topological polar surface area (TPSA) is 70.1 Å². The van der Waals surface area contributed by atoms with E-state index in [1.807, 2.05) is 20.9 Å². The van der Waals surface area contributed by atoms with Crippen LogP contribution >= 0.6 is 0 Å². The van der Waals surface area contributed by atoms with Gasteiger partial charge in [-0.3, -0.25) is 0 Å². The van der Waals surface area contributed by atoms with Crippen LogP contribution in [0.3, 0.4) is 0 Å². The van der Waals surface area contributed by atoms with Crippen molar-refractivity contribution in [1.29, 1.82) is 0 Å². The monoisotopic (exact) mass is 264 g/mol. The summed E-state index contributed by atoms with van der Waals surface area (Å²) < 4.78 is 0. The first-order chi connectivity index (χ1) is 9.10. The van der Waals surface area contributed by atoms with Gasteiger partial charge in [-0.2, -0.15) is 0 Å². The average Bonchev–Trinajstić information content (AvgIpc) is 2.41. The highest BCUT2D eigenvalue weighted by molar-refractivity contribution is 5.56. The minimum atomic E-state index is -0.0878. The first-order valence-corrected chi connectivity index (χ1v) is 7.05. The molecular weight excluding hydrogens is 240 g/mol. The second-order valence-electron chi connectivity index (χ2n) is 5.40. The van der Waals surface area contributed by atoms with E-state index in [2.05, 4.69) is 20.6 Å². The highest BCUT2D eigenvalue weighted by Crippen LogP contribution is 2.25. The molecule has 106 valence electrons. The van der Waals surface area contributed by atoms with Gasteiger partial charge in [-0.1, -0.05) is 0 Å². The third-order valence-corrected chi connectivity index (χ3v) is 3.87. The molecule has 5 heteroatoms. The number of nitrogens with zero attached hydrogens (tertiary/aromatic N) is 2. The molecule has 1 aliphatic carbocycles.